The fourth-order valence-electron chi connectivity index (χ4n) is 2.16. The smallest absolute Gasteiger partial charge is 0.383 e. The second-order valence-corrected chi connectivity index (χ2v) is 6.46. The molecule has 0 heterocycles. The van der Waals surface area contributed by atoms with E-state index in [0.717, 1.165) is 12.1 Å². The Kier molecular flexibility index (Phi) is 8.01. The van der Waals surface area contributed by atoms with Gasteiger partial charge in [-0.25, -0.2) is 0 Å². The van der Waals surface area contributed by atoms with E-state index in [-0.39, 0.29) is 16.7 Å². The minimum atomic E-state index is -4.22. The van der Waals surface area contributed by atoms with Crippen molar-refractivity contribution >= 4 is 17.4 Å². The zero-order chi connectivity index (χ0) is 15.7. The van der Waals surface area contributed by atoms with E-state index < -0.39 is 5.51 Å². The second kappa shape index (κ2) is 9.23. The SMILES string of the molecule is CCCCCCCC(C)Nc1ccc(SC(F)(F)F)cc1. The standard InChI is InChI=1S/C16H24F3NS/c1-3-4-5-6-7-8-13(2)20-14-9-11-15(12-10-14)21-16(17,18)19/h9-13,20H,3-8H2,1-2H3. The maximum Gasteiger partial charge on any atom is 0.446 e. The quantitative estimate of drug-likeness (QED) is 0.414. The van der Waals surface area contributed by atoms with Crippen LogP contribution in [-0.2, 0) is 0 Å². The van der Waals surface area contributed by atoms with Crippen molar-refractivity contribution in [3.63, 3.8) is 0 Å². The fourth-order valence-corrected chi connectivity index (χ4v) is 2.70. The van der Waals surface area contributed by atoms with Crippen LogP contribution in [0, 0.1) is 0 Å². The molecule has 0 radical (unpaired) electrons. The molecular weight excluding hydrogens is 295 g/mol. The molecule has 5 heteroatoms. The van der Waals surface area contributed by atoms with E-state index in [2.05, 4.69) is 19.2 Å². The molecule has 0 aliphatic heterocycles. The van der Waals surface area contributed by atoms with Crippen molar-refractivity contribution in [2.45, 2.75) is 68.8 Å². The molecule has 1 N–H and O–H groups in total. The van der Waals surface area contributed by atoms with Gasteiger partial charge in [-0.1, -0.05) is 39.0 Å². The lowest BCUT2D eigenvalue weighted by Crippen LogP contribution is -2.14. The maximum atomic E-state index is 12.2. The molecular formula is C16H24F3NS. The van der Waals surface area contributed by atoms with Crippen molar-refractivity contribution in [1.82, 2.24) is 0 Å². The van der Waals surface area contributed by atoms with Crippen LogP contribution in [0.1, 0.15) is 52.4 Å². The molecule has 1 unspecified atom stereocenters. The van der Waals surface area contributed by atoms with Gasteiger partial charge in [-0.2, -0.15) is 13.2 Å². The molecule has 0 aliphatic rings. The van der Waals surface area contributed by atoms with Crippen LogP contribution in [0.2, 0.25) is 0 Å². The second-order valence-electron chi connectivity index (χ2n) is 5.32. The Morgan fingerprint density at radius 1 is 1.05 bits per heavy atom. The largest absolute Gasteiger partial charge is 0.446 e. The Bertz CT molecular complexity index is 390. The minimum absolute atomic E-state index is 0.0780. The summed E-state index contributed by atoms with van der Waals surface area (Å²) in [5, 5.41) is 3.33. The molecule has 0 amide bonds. The number of hydrogen-bond donors (Lipinski definition) is 1. The van der Waals surface area contributed by atoms with Gasteiger partial charge in [-0.3, -0.25) is 0 Å². The molecule has 0 bridgehead atoms. The van der Waals surface area contributed by atoms with Crippen molar-refractivity contribution < 1.29 is 13.2 Å². The summed E-state index contributed by atoms with van der Waals surface area (Å²) in [6.07, 6.45) is 7.35. The summed E-state index contributed by atoms with van der Waals surface area (Å²) in [6, 6.07) is 6.78. The van der Waals surface area contributed by atoms with Gasteiger partial charge >= 0.3 is 5.51 Å². The third-order valence-corrected chi connectivity index (χ3v) is 3.98. The molecule has 1 aromatic rings. The Morgan fingerprint density at radius 3 is 2.24 bits per heavy atom. The van der Waals surface area contributed by atoms with Crippen molar-refractivity contribution in [3.8, 4) is 0 Å². The molecule has 0 spiro atoms. The van der Waals surface area contributed by atoms with Gasteiger partial charge in [0.2, 0.25) is 0 Å². The lowest BCUT2D eigenvalue weighted by Gasteiger charge is -2.15. The number of thioether (sulfide) groups is 1. The number of alkyl halides is 3. The van der Waals surface area contributed by atoms with Crippen LogP contribution in [0.4, 0.5) is 18.9 Å². The van der Waals surface area contributed by atoms with E-state index in [9.17, 15) is 13.2 Å². The topological polar surface area (TPSA) is 12.0 Å². The van der Waals surface area contributed by atoms with E-state index in [1.165, 1.54) is 44.2 Å². The molecule has 0 aromatic heterocycles. The minimum Gasteiger partial charge on any atom is -0.383 e. The Morgan fingerprint density at radius 2 is 1.67 bits per heavy atom. The number of halogens is 3. The molecule has 1 nitrogen and oxygen atoms in total. The third kappa shape index (κ3) is 8.91. The van der Waals surface area contributed by atoms with Gasteiger partial charge in [0.05, 0.1) is 0 Å². The highest BCUT2D eigenvalue weighted by Gasteiger charge is 2.28. The number of hydrogen-bond acceptors (Lipinski definition) is 2. The molecule has 0 saturated carbocycles. The Labute approximate surface area is 129 Å². The van der Waals surface area contributed by atoms with Crippen LogP contribution in [0.3, 0.4) is 0 Å². The highest BCUT2D eigenvalue weighted by molar-refractivity contribution is 8.00. The first-order valence-corrected chi connectivity index (χ1v) is 8.34. The number of benzene rings is 1. The highest BCUT2D eigenvalue weighted by atomic mass is 32.2. The van der Waals surface area contributed by atoms with E-state index in [0.29, 0.717) is 6.04 Å². The normalized spacial score (nSPS) is 13.2. The average Bonchev–Trinajstić information content (AvgIpc) is 2.39. The van der Waals surface area contributed by atoms with Gasteiger partial charge in [-0.15, -0.1) is 0 Å². The third-order valence-electron chi connectivity index (χ3n) is 3.24. The van der Waals surface area contributed by atoms with Crippen molar-refractivity contribution in [2.24, 2.45) is 0 Å². The highest BCUT2D eigenvalue weighted by Crippen LogP contribution is 2.37. The van der Waals surface area contributed by atoms with Crippen molar-refractivity contribution in [1.29, 1.82) is 0 Å². The lowest BCUT2D eigenvalue weighted by molar-refractivity contribution is -0.0328. The number of unbranched alkanes of at least 4 members (excludes halogenated alkanes) is 4. The summed E-state index contributed by atoms with van der Waals surface area (Å²) in [5.41, 5.74) is -3.34. The molecule has 1 atom stereocenters. The van der Waals surface area contributed by atoms with Crippen LogP contribution in [0.15, 0.2) is 29.2 Å². The summed E-state index contributed by atoms with van der Waals surface area (Å²) in [7, 11) is 0. The van der Waals surface area contributed by atoms with Gasteiger partial charge < -0.3 is 5.32 Å². The number of nitrogens with one attached hydrogen (secondary N) is 1. The zero-order valence-corrected chi connectivity index (χ0v) is 13.5. The number of anilines is 1. The van der Waals surface area contributed by atoms with Crippen LogP contribution in [-0.4, -0.2) is 11.6 Å². The van der Waals surface area contributed by atoms with Gasteiger partial charge in [0.25, 0.3) is 0 Å². The molecule has 0 aliphatic carbocycles. The molecule has 1 aromatic carbocycles. The molecule has 21 heavy (non-hydrogen) atoms. The predicted molar refractivity (Wildman–Crippen MR) is 84.8 cm³/mol. The monoisotopic (exact) mass is 319 g/mol. The van der Waals surface area contributed by atoms with Crippen LogP contribution in [0.25, 0.3) is 0 Å². The summed E-state index contributed by atoms with van der Waals surface area (Å²) < 4.78 is 36.7. The van der Waals surface area contributed by atoms with Crippen molar-refractivity contribution in [3.05, 3.63) is 24.3 Å². The fraction of sp³-hybridized carbons (Fsp3) is 0.625. The summed E-state index contributed by atoms with van der Waals surface area (Å²) >= 11 is -0.0780. The summed E-state index contributed by atoms with van der Waals surface area (Å²) in [4.78, 5) is 0.222. The van der Waals surface area contributed by atoms with Gasteiger partial charge in [0.15, 0.2) is 0 Å². The lowest BCUT2D eigenvalue weighted by atomic mass is 10.1. The van der Waals surface area contributed by atoms with Crippen molar-refractivity contribution in [2.75, 3.05) is 5.32 Å². The van der Waals surface area contributed by atoms with Crippen LogP contribution in [0.5, 0.6) is 0 Å². The first-order chi connectivity index (χ1) is 9.90. The maximum absolute atomic E-state index is 12.2. The number of rotatable bonds is 9. The molecule has 120 valence electrons. The van der Waals surface area contributed by atoms with E-state index in [1.54, 1.807) is 12.1 Å². The predicted octanol–water partition coefficient (Wildman–Crippen LogP) is 6.46. The van der Waals surface area contributed by atoms with E-state index in [1.807, 2.05) is 0 Å². The van der Waals surface area contributed by atoms with Gasteiger partial charge in [0.1, 0.15) is 0 Å². The average molecular weight is 319 g/mol. The summed E-state index contributed by atoms with van der Waals surface area (Å²) in [5.74, 6) is 0. The Hall–Kier alpha value is -0.840. The van der Waals surface area contributed by atoms with Crippen LogP contribution >= 0.6 is 11.8 Å². The Balaban J connectivity index is 2.31. The van der Waals surface area contributed by atoms with Crippen LogP contribution < -0.4 is 5.32 Å². The zero-order valence-electron chi connectivity index (χ0n) is 12.7. The van der Waals surface area contributed by atoms with E-state index >= 15 is 0 Å². The molecule has 0 fully saturated rings. The first-order valence-electron chi connectivity index (χ1n) is 7.53. The first kappa shape index (κ1) is 18.2. The molecule has 1 rings (SSSR count). The molecule has 0 saturated heterocycles. The van der Waals surface area contributed by atoms with Gasteiger partial charge in [0, 0.05) is 16.6 Å². The van der Waals surface area contributed by atoms with Gasteiger partial charge in [-0.05, 0) is 49.4 Å². The summed E-state index contributed by atoms with van der Waals surface area (Å²) in [6.45, 7) is 4.31. The van der Waals surface area contributed by atoms with E-state index in [4.69, 9.17) is 0 Å².